The standard InChI is InChI=1S/C28H36N10O4/c1-18-8-11-37(24(40)7-10-29)16-23(18)36(4)25-20-9-12-38(26(20)32-17-31-25)28(42)35(3)14-13-34(2)27(41)33-22-6-5-19(39)15-21(22)30/h5-6,9,12,15,17-18,23,39H,7-8,11,13-14,16,30H2,1-4H3,(H,33,41)/t18-,23+/m1/s1. The van der Waals surface area contributed by atoms with Gasteiger partial charge in [-0.3, -0.25) is 9.36 Å². The first-order valence-corrected chi connectivity index (χ1v) is 13.6. The number of nitrogen functional groups attached to an aromatic ring is 1. The Hall–Kier alpha value is -5.06. The molecule has 4 N–H and O–H groups in total. The van der Waals surface area contributed by atoms with Crippen LogP contribution >= 0.6 is 0 Å². The quantitative estimate of drug-likeness (QED) is 0.281. The number of nitrogens with two attached hydrogens (primary N) is 1. The number of anilines is 3. The molecule has 0 saturated carbocycles. The third-order valence-corrected chi connectivity index (χ3v) is 7.72. The molecular formula is C28H36N10O4. The summed E-state index contributed by atoms with van der Waals surface area (Å²) in [6, 6.07) is 7.24. The monoisotopic (exact) mass is 576 g/mol. The smallest absolute Gasteiger partial charge is 0.329 e. The molecule has 4 rings (SSSR count). The summed E-state index contributed by atoms with van der Waals surface area (Å²) in [5.41, 5.74) is 6.90. The summed E-state index contributed by atoms with van der Waals surface area (Å²) in [4.78, 5) is 53.9. The fourth-order valence-electron chi connectivity index (χ4n) is 5.05. The van der Waals surface area contributed by atoms with Crippen LogP contribution in [0.1, 0.15) is 19.8 Å². The van der Waals surface area contributed by atoms with Crippen LogP contribution in [0.15, 0.2) is 36.8 Å². The number of carbonyl (C=O) groups excluding carboxylic acids is 3. The van der Waals surface area contributed by atoms with E-state index in [1.165, 1.54) is 38.9 Å². The van der Waals surface area contributed by atoms with Gasteiger partial charge in [-0.1, -0.05) is 6.92 Å². The predicted octanol–water partition coefficient (Wildman–Crippen LogP) is 2.37. The number of benzene rings is 1. The Morgan fingerprint density at radius 3 is 2.62 bits per heavy atom. The largest absolute Gasteiger partial charge is 0.508 e. The Morgan fingerprint density at radius 2 is 1.90 bits per heavy atom. The zero-order valence-electron chi connectivity index (χ0n) is 24.2. The molecule has 0 bridgehead atoms. The van der Waals surface area contributed by atoms with Crippen LogP contribution in [0.25, 0.3) is 11.0 Å². The second-order valence-corrected chi connectivity index (χ2v) is 10.6. The van der Waals surface area contributed by atoms with Crippen molar-refractivity contribution >= 4 is 46.2 Å². The number of fused-ring (bicyclic) bond motifs is 1. The average Bonchev–Trinajstić information content (AvgIpc) is 3.41. The number of nitriles is 1. The van der Waals surface area contributed by atoms with Crippen molar-refractivity contribution in [3.05, 3.63) is 36.8 Å². The van der Waals surface area contributed by atoms with Gasteiger partial charge in [0.2, 0.25) is 5.91 Å². The number of aromatic hydroxyl groups is 1. The van der Waals surface area contributed by atoms with E-state index in [-0.39, 0.29) is 54.8 Å². The van der Waals surface area contributed by atoms with Crippen LogP contribution in [0.5, 0.6) is 5.75 Å². The molecule has 2 aromatic heterocycles. The number of piperidine rings is 1. The highest BCUT2D eigenvalue weighted by atomic mass is 16.3. The number of hydrogen-bond donors (Lipinski definition) is 3. The molecular weight excluding hydrogens is 540 g/mol. The molecule has 4 amide bonds. The predicted molar refractivity (Wildman–Crippen MR) is 158 cm³/mol. The number of carbonyl (C=O) groups is 3. The second-order valence-electron chi connectivity index (χ2n) is 10.6. The topological polar surface area (TPSA) is 177 Å². The van der Waals surface area contributed by atoms with Crippen molar-refractivity contribution in [2.24, 2.45) is 5.92 Å². The molecule has 3 aromatic rings. The van der Waals surface area contributed by atoms with Gasteiger partial charge in [-0.2, -0.15) is 5.26 Å². The lowest BCUT2D eigenvalue weighted by Crippen LogP contribution is -2.52. The summed E-state index contributed by atoms with van der Waals surface area (Å²) in [5.74, 6) is 0.744. The number of likely N-dealkylation sites (tertiary alicyclic amines) is 1. The summed E-state index contributed by atoms with van der Waals surface area (Å²) in [5, 5.41) is 21.8. The van der Waals surface area contributed by atoms with Crippen molar-refractivity contribution in [1.82, 2.24) is 29.2 Å². The zero-order valence-corrected chi connectivity index (χ0v) is 24.2. The van der Waals surface area contributed by atoms with E-state index in [0.29, 0.717) is 35.6 Å². The molecule has 42 heavy (non-hydrogen) atoms. The summed E-state index contributed by atoms with van der Waals surface area (Å²) < 4.78 is 1.44. The minimum Gasteiger partial charge on any atom is -0.508 e. The maximum absolute atomic E-state index is 13.4. The first-order valence-electron chi connectivity index (χ1n) is 13.6. The van der Waals surface area contributed by atoms with Crippen molar-refractivity contribution in [3.63, 3.8) is 0 Å². The Balaban J connectivity index is 1.43. The minimum atomic E-state index is -0.412. The number of nitrogens with zero attached hydrogens (tertiary/aromatic N) is 8. The number of aromatic nitrogens is 3. The molecule has 1 saturated heterocycles. The van der Waals surface area contributed by atoms with Crippen LogP contribution in [0.4, 0.5) is 26.8 Å². The third-order valence-electron chi connectivity index (χ3n) is 7.72. The molecule has 3 heterocycles. The molecule has 0 unspecified atom stereocenters. The van der Waals surface area contributed by atoms with E-state index < -0.39 is 6.03 Å². The maximum atomic E-state index is 13.4. The Bertz CT molecular complexity index is 1520. The van der Waals surface area contributed by atoms with Crippen molar-refractivity contribution in [2.45, 2.75) is 25.8 Å². The maximum Gasteiger partial charge on any atom is 0.329 e. The number of rotatable bonds is 7. The van der Waals surface area contributed by atoms with Gasteiger partial charge in [0.1, 0.15) is 24.3 Å². The van der Waals surface area contributed by atoms with E-state index in [1.54, 1.807) is 31.3 Å². The molecule has 2 atom stereocenters. The molecule has 0 radical (unpaired) electrons. The molecule has 14 heteroatoms. The van der Waals surface area contributed by atoms with E-state index >= 15 is 0 Å². The average molecular weight is 577 g/mol. The Labute approximate surface area is 243 Å². The van der Waals surface area contributed by atoms with Gasteiger partial charge in [0, 0.05) is 59.6 Å². The molecule has 14 nitrogen and oxygen atoms in total. The molecule has 1 aliphatic heterocycles. The lowest BCUT2D eigenvalue weighted by molar-refractivity contribution is -0.131. The molecule has 222 valence electrons. The lowest BCUT2D eigenvalue weighted by atomic mass is 9.92. The van der Waals surface area contributed by atoms with Gasteiger partial charge >= 0.3 is 12.1 Å². The molecule has 1 aromatic carbocycles. The van der Waals surface area contributed by atoms with Gasteiger partial charge in [0.05, 0.1) is 28.9 Å². The van der Waals surface area contributed by atoms with Crippen LogP contribution in [-0.2, 0) is 4.79 Å². The van der Waals surface area contributed by atoms with Gasteiger partial charge in [-0.05, 0) is 30.5 Å². The van der Waals surface area contributed by atoms with E-state index in [1.807, 2.05) is 18.0 Å². The van der Waals surface area contributed by atoms with Gasteiger partial charge < -0.3 is 35.8 Å². The number of phenols is 1. The van der Waals surface area contributed by atoms with E-state index in [4.69, 9.17) is 11.0 Å². The molecule has 1 fully saturated rings. The first-order chi connectivity index (χ1) is 20.0. The van der Waals surface area contributed by atoms with Crippen LogP contribution in [0.2, 0.25) is 0 Å². The first kappa shape index (κ1) is 29.9. The lowest BCUT2D eigenvalue weighted by Gasteiger charge is -2.42. The van der Waals surface area contributed by atoms with Crippen LogP contribution in [0, 0.1) is 17.2 Å². The second kappa shape index (κ2) is 12.6. The highest BCUT2D eigenvalue weighted by Gasteiger charge is 2.33. The van der Waals surface area contributed by atoms with Gasteiger partial charge in [-0.25, -0.2) is 19.6 Å². The van der Waals surface area contributed by atoms with Crippen molar-refractivity contribution in [3.8, 4) is 11.8 Å². The Kier molecular flexibility index (Phi) is 8.99. The molecule has 0 aliphatic carbocycles. The summed E-state index contributed by atoms with van der Waals surface area (Å²) in [6.07, 6.45) is 3.72. The summed E-state index contributed by atoms with van der Waals surface area (Å²) in [6.45, 7) is 3.72. The highest BCUT2D eigenvalue weighted by Crippen LogP contribution is 2.30. The van der Waals surface area contributed by atoms with Crippen molar-refractivity contribution < 1.29 is 19.5 Å². The number of phenolic OH excluding ortho intramolecular Hbond substituents is 1. The fraction of sp³-hybridized carbons (Fsp3) is 0.429. The van der Waals surface area contributed by atoms with Gasteiger partial charge in [0.25, 0.3) is 0 Å². The number of amides is 4. The number of urea groups is 1. The van der Waals surface area contributed by atoms with Gasteiger partial charge in [-0.15, -0.1) is 0 Å². The van der Waals surface area contributed by atoms with Crippen LogP contribution in [0.3, 0.4) is 0 Å². The Morgan fingerprint density at radius 1 is 1.17 bits per heavy atom. The number of hydrogen-bond acceptors (Lipinski definition) is 9. The SMILES string of the molecule is C[C@@H]1CCN(C(=O)CC#N)C[C@@H]1N(C)c1ncnc2c1ccn2C(=O)N(C)CCN(C)C(=O)Nc1ccc(O)cc1N. The number of nitrogens with one attached hydrogen (secondary N) is 1. The zero-order chi connectivity index (χ0) is 30.6. The normalized spacial score (nSPS) is 16.5. The minimum absolute atomic E-state index is 0.000692. The van der Waals surface area contributed by atoms with Crippen molar-refractivity contribution in [2.75, 3.05) is 63.3 Å². The van der Waals surface area contributed by atoms with Crippen LogP contribution < -0.4 is 16.0 Å². The van der Waals surface area contributed by atoms with Gasteiger partial charge in [0.15, 0.2) is 5.65 Å². The highest BCUT2D eigenvalue weighted by molar-refractivity contribution is 5.95. The van der Waals surface area contributed by atoms with Crippen molar-refractivity contribution in [1.29, 1.82) is 5.26 Å². The number of likely N-dealkylation sites (N-methyl/N-ethyl adjacent to an activating group) is 3. The summed E-state index contributed by atoms with van der Waals surface area (Å²) in [7, 11) is 5.16. The molecule has 0 spiro atoms. The fourth-order valence-corrected chi connectivity index (χ4v) is 5.05. The molecule has 1 aliphatic rings. The summed E-state index contributed by atoms with van der Waals surface area (Å²) >= 11 is 0. The van der Waals surface area contributed by atoms with E-state index in [9.17, 15) is 19.5 Å². The van der Waals surface area contributed by atoms with E-state index in [2.05, 4.69) is 22.2 Å². The third kappa shape index (κ3) is 6.30. The van der Waals surface area contributed by atoms with Crippen LogP contribution in [-0.4, -0.2) is 106 Å². The van der Waals surface area contributed by atoms with E-state index in [0.717, 1.165) is 6.42 Å².